The number of aromatic nitrogens is 2. The van der Waals surface area contributed by atoms with Crippen LogP contribution in [0.15, 0.2) is 85.1 Å². The Hall–Kier alpha value is -4.26. The van der Waals surface area contributed by atoms with E-state index in [9.17, 15) is 9.18 Å². The molecule has 0 unspecified atom stereocenters. The minimum Gasteiger partial charge on any atom is -0.368 e. The molecule has 182 valence electrons. The van der Waals surface area contributed by atoms with Gasteiger partial charge in [-0.05, 0) is 36.2 Å². The Labute approximate surface area is 210 Å². The normalized spacial score (nSPS) is 13.5. The van der Waals surface area contributed by atoms with Gasteiger partial charge in [0.1, 0.15) is 17.2 Å². The number of carbonyl (C=O) groups excluding carboxylic acids is 1. The summed E-state index contributed by atoms with van der Waals surface area (Å²) < 4.78 is 13.2. The fourth-order valence-electron chi connectivity index (χ4n) is 4.46. The van der Waals surface area contributed by atoms with E-state index in [-0.39, 0.29) is 11.7 Å². The predicted molar refractivity (Wildman–Crippen MR) is 141 cm³/mol. The van der Waals surface area contributed by atoms with Gasteiger partial charge in [0.15, 0.2) is 5.82 Å². The highest BCUT2D eigenvalue weighted by atomic mass is 19.1. The van der Waals surface area contributed by atoms with E-state index in [0.717, 1.165) is 37.3 Å². The topological polar surface area (TPSA) is 61.4 Å². The highest BCUT2D eigenvalue weighted by Crippen LogP contribution is 2.26. The van der Waals surface area contributed by atoms with Crippen LogP contribution in [0.5, 0.6) is 0 Å². The molecule has 1 amide bonds. The number of halogens is 1. The van der Waals surface area contributed by atoms with Crippen LogP contribution in [0.4, 0.5) is 15.9 Å². The number of amides is 1. The van der Waals surface area contributed by atoms with Crippen molar-refractivity contribution in [2.75, 3.05) is 36.0 Å². The summed E-state index contributed by atoms with van der Waals surface area (Å²) in [6.45, 7) is 5.54. The maximum absolute atomic E-state index is 13.2. The summed E-state index contributed by atoms with van der Waals surface area (Å²) in [6, 6.07) is 24.3. The molecule has 1 aliphatic heterocycles. The Balaban J connectivity index is 1.39. The van der Waals surface area contributed by atoms with Gasteiger partial charge in [0, 0.05) is 50.2 Å². The largest absolute Gasteiger partial charge is 0.368 e. The first-order valence-corrected chi connectivity index (χ1v) is 12.1. The Morgan fingerprint density at radius 2 is 1.56 bits per heavy atom. The third-order valence-electron chi connectivity index (χ3n) is 6.45. The summed E-state index contributed by atoms with van der Waals surface area (Å²) in [5.41, 5.74) is 4.64. The van der Waals surface area contributed by atoms with Crippen molar-refractivity contribution < 1.29 is 9.18 Å². The van der Waals surface area contributed by atoms with E-state index in [2.05, 4.69) is 51.3 Å². The molecule has 1 aliphatic rings. The summed E-state index contributed by atoms with van der Waals surface area (Å²) in [7, 11) is 0. The Morgan fingerprint density at radius 3 is 2.28 bits per heavy atom. The standard InChI is InChI=1S/C29H28FN5O/c1-21-7-5-6-10-26(21)34-15-17-35(18-16-34)28-25(20-31-27(33-28)23-8-3-2-4-9-23)29(36)32-19-22-11-13-24(30)14-12-22/h2-14,20H,15-19H2,1H3,(H,32,36). The molecular formula is C29H28FN5O. The third kappa shape index (κ3) is 5.20. The summed E-state index contributed by atoms with van der Waals surface area (Å²) in [4.78, 5) is 27.1. The minimum atomic E-state index is -0.304. The molecule has 1 aromatic heterocycles. The number of carbonyl (C=O) groups is 1. The molecule has 1 saturated heterocycles. The van der Waals surface area contributed by atoms with Gasteiger partial charge in [-0.15, -0.1) is 0 Å². The Bertz CT molecular complexity index is 1340. The molecule has 1 N–H and O–H groups in total. The predicted octanol–water partition coefficient (Wildman–Crippen LogP) is 4.85. The average Bonchev–Trinajstić information content (AvgIpc) is 2.93. The van der Waals surface area contributed by atoms with Gasteiger partial charge >= 0.3 is 0 Å². The second-order valence-electron chi connectivity index (χ2n) is 8.87. The van der Waals surface area contributed by atoms with Crippen molar-refractivity contribution in [3.63, 3.8) is 0 Å². The van der Waals surface area contributed by atoms with E-state index in [0.29, 0.717) is 23.8 Å². The van der Waals surface area contributed by atoms with E-state index in [1.165, 1.54) is 23.4 Å². The lowest BCUT2D eigenvalue weighted by molar-refractivity contribution is 0.0950. The average molecular weight is 482 g/mol. The second-order valence-corrected chi connectivity index (χ2v) is 8.87. The molecule has 0 atom stereocenters. The van der Waals surface area contributed by atoms with E-state index < -0.39 is 0 Å². The van der Waals surface area contributed by atoms with E-state index in [4.69, 9.17) is 4.98 Å². The Kier molecular flexibility index (Phi) is 6.89. The van der Waals surface area contributed by atoms with Gasteiger partial charge in [-0.2, -0.15) is 0 Å². The van der Waals surface area contributed by atoms with Gasteiger partial charge in [-0.3, -0.25) is 4.79 Å². The number of para-hydroxylation sites is 1. The van der Waals surface area contributed by atoms with Crippen molar-refractivity contribution in [2.45, 2.75) is 13.5 Å². The lowest BCUT2D eigenvalue weighted by Crippen LogP contribution is -2.47. The van der Waals surface area contributed by atoms with Crippen molar-refractivity contribution in [2.24, 2.45) is 0 Å². The fourth-order valence-corrected chi connectivity index (χ4v) is 4.46. The van der Waals surface area contributed by atoms with Crippen LogP contribution in [0.3, 0.4) is 0 Å². The van der Waals surface area contributed by atoms with Crippen molar-refractivity contribution in [1.29, 1.82) is 0 Å². The first-order chi connectivity index (χ1) is 17.6. The van der Waals surface area contributed by atoms with Crippen molar-refractivity contribution in [1.82, 2.24) is 15.3 Å². The zero-order valence-corrected chi connectivity index (χ0v) is 20.2. The molecule has 0 bridgehead atoms. The van der Waals surface area contributed by atoms with Gasteiger partial charge in [-0.1, -0.05) is 60.7 Å². The highest BCUT2D eigenvalue weighted by Gasteiger charge is 2.25. The van der Waals surface area contributed by atoms with Crippen molar-refractivity contribution >= 4 is 17.4 Å². The number of nitrogens with one attached hydrogen (secondary N) is 1. The summed E-state index contributed by atoms with van der Waals surface area (Å²) >= 11 is 0. The Morgan fingerprint density at radius 1 is 0.889 bits per heavy atom. The van der Waals surface area contributed by atoms with Crippen molar-refractivity contribution in [3.05, 3.63) is 108 Å². The van der Waals surface area contributed by atoms with Crippen LogP contribution in [-0.4, -0.2) is 42.1 Å². The molecule has 6 nitrogen and oxygen atoms in total. The van der Waals surface area contributed by atoms with Crippen LogP contribution in [0, 0.1) is 12.7 Å². The van der Waals surface area contributed by atoms with Gasteiger partial charge in [0.2, 0.25) is 0 Å². The zero-order chi connectivity index (χ0) is 24.9. The number of hydrogen-bond acceptors (Lipinski definition) is 5. The van der Waals surface area contributed by atoms with Gasteiger partial charge in [0.25, 0.3) is 5.91 Å². The number of rotatable bonds is 6. The third-order valence-corrected chi connectivity index (χ3v) is 6.45. The summed E-state index contributed by atoms with van der Waals surface area (Å²) in [5.74, 6) is 0.657. The van der Waals surface area contributed by atoms with Gasteiger partial charge in [-0.25, -0.2) is 14.4 Å². The van der Waals surface area contributed by atoms with Crippen molar-refractivity contribution in [3.8, 4) is 11.4 Å². The maximum atomic E-state index is 13.2. The molecular weight excluding hydrogens is 453 g/mol. The molecule has 0 spiro atoms. The zero-order valence-electron chi connectivity index (χ0n) is 20.2. The lowest BCUT2D eigenvalue weighted by Gasteiger charge is -2.38. The van der Waals surface area contributed by atoms with Crippen LogP contribution in [0.25, 0.3) is 11.4 Å². The molecule has 3 aromatic carbocycles. The molecule has 1 fully saturated rings. The summed E-state index contributed by atoms with van der Waals surface area (Å²) in [5, 5.41) is 2.94. The van der Waals surface area contributed by atoms with E-state index in [1.807, 2.05) is 30.3 Å². The summed E-state index contributed by atoms with van der Waals surface area (Å²) in [6.07, 6.45) is 1.61. The van der Waals surface area contributed by atoms with Crippen LogP contribution < -0.4 is 15.1 Å². The number of benzene rings is 3. The number of piperazine rings is 1. The quantitative estimate of drug-likeness (QED) is 0.427. The minimum absolute atomic E-state index is 0.254. The second kappa shape index (κ2) is 10.6. The lowest BCUT2D eigenvalue weighted by atomic mass is 10.1. The molecule has 7 heteroatoms. The number of aryl methyl sites for hydroxylation is 1. The highest BCUT2D eigenvalue weighted by molar-refractivity contribution is 5.99. The molecule has 0 saturated carbocycles. The molecule has 5 rings (SSSR count). The fraction of sp³-hybridized carbons (Fsp3) is 0.207. The van der Waals surface area contributed by atoms with Crippen LogP contribution in [0.1, 0.15) is 21.5 Å². The van der Waals surface area contributed by atoms with Crippen LogP contribution in [-0.2, 0) is 6.54 Å². The van der Waals surface area contributed by atoms with Crippen LogP contribution >= 0.6 is 0 Å². The molecule has 2 heterocycles. The molecule has 4 aromatic rings. The SMILES string of the molecule is Cc1ccccc1N1CCN(c2nc(-c3ccccc3)ncc2C(=O)NCc2ccc(F)cc2)CC1. The smallest absolute Gasteiger partial charge is 0.256 e. The number of hydrogen-bond donors (Lipinski definition) is 1. The maximum Gasteiger partial charge on any atom is 0.256 e. The van der Waals surface area contributed by atoms with Gasteiger partial charge in [0.05, 0.1) is 0 Å². The number of nitrogens with zero attached hydrogens (tertiary/aromatic N) is 4. The van der Waals surface area contributed by atoms with Gasteiger partial charge < -0.3 is 15.1 Å². The van der Waals surface area contributed by atoms with Crippen LogP contribution in [0.2, 0.25) is 0 Å². The first kappa shape index (κ1) is 23.5. The number of anilines is 2. The first-order valence-electron chi connectivity index (χ1n) is 12.1. The molecule has 36 heavy (non-hydrogen) atoms. The molecule has 0 aliphatic carbocycles. The van der Waals surface area contributed by atoms with E-state index in [1.54, 1.807) is 18.3 Å². The molecule has 0 radical (unpaired) electrons. The van der Waals surface area contributed by atoms with E-state index >= 15 is 0 Å². The monoisotopic (exact) mass is 481 g/mol.